The minimum atomic E-state index is -0.244. The van der Waals surface area contributed by atoms with Crippen molar-refractivity contribution >= 4 is 35.9 Å². The molecular weight excluding hydrogens is 789 g/mol. The van der Waals surface area contributed by atoms with E-state index in [1.807, 2.05) is 0 Å². The van der Waals surface area contributed by atoms with Crippen molar-refractivity contribution in [2.24, 2.45) is 5.41 Å². The van der Waals surface area contributed by atoms with Gasteiger partial charge in [0, 0.05) is 0 Å². The molecule has 0 aromatic heterocycles. The topological polar surface area (TPSA) is 0 Å². The molecule has 0 fully saturated rings. The van der Waals surface area contributed by atoms with E-state index in [0.717, 1.165) is 33.6 Å². The second kappa shape index (κ2) is 17.0. The summed E-state index contributed by atoms with van der Waals surface area (Å²) in [6, 6.07) is 25.0. The van der Waals surface area contributed by atoms with Crippen LogP contribution in [0.3, 0.4) is 0 Å². The molecule has 5 aromatic carbocycles. The maximum absolute atomic E-state index is 12.8. The summed E-state index contributed by atoms with van der Waals surface area (Å²) in [6.07, 6.45) is 15.6. The molecular formula is C49H50Cl2F2Zr-2. The molecule has 3 aliphatic carbocycles. The molecule has 0 nitrogen and oxygen atoms in total. The fourth-order valence-electron chi connectivity index (χ4n) is 7.45. The summed E-state index contributed by atoms with van der Waals surface area (Å²) >= 11 is 1.22. The third-order valence-corrected chi connectivity index (χ3v) is 12.4. The molecule has 0 saturated heterocycles. The van der Waals surface area contributed by atoms with Crippen LogP contribution in [0, 0.1) is 23.1 Å². The van der Waals surface area contributed by atoms with Crippen molar-refractivity contribution in [3.8, 4) is 0 Å². The molecule has 0 atom stereocenters. The van der Waals surface area contributed by atoms with E-state index in [2.05, 4.69) is 123 Å². The number of hydrogen-bond acceptors (Lipinski definition) is 0. The van der Waals surface area contributed by atoms with Crippen molar-refractivity contribution in [1.29, 1.82) is 0 Å². The fraction of sp³-hybridized carbons (Fsp3) is 0.306. The molecule has 0 aliphatic heterocycles. The van der Waals surface area contributed by atoms with E-state index in [0.29, 0.717) is 5.41 Å². The number of hydrogen-bond donors (Lipinski definition) is 0. The van der Waals surface area contributed by atoms with E-state index in [1.165, 1.54) is 109 Å². The van der Waals surface area contributed by atoms with Gasteiger partial charge in [0.2, 0.25) is 0 Å². The van der Waals surface area contributed by atoms with Gasteiger partial charge in [0.15, 0.2) is 0 Å². The SMILES string of the molecule is CC(C)(C)C1=CC[C-]=C1.CC1=CCC(C)(C)c2cc3[cH-]c4cc5c(cc4c3cc21)C(C)=CCC5(C)C.Fc1ccc([C](=[Zr+2])c2ccc(F)cc2)cc1.[Cl-].[Cl-]. The largest absolute Gasteiger partial charge is 1.00 e. The molecule has 0 saturated carbocycles. The molecule has 5 aromatic rings. The second-order valence-electron chi connectivity index (χ2n) is 16.9. The van der Waals surface area contributed by atoms with Crippen LogP contribution in [0.1, 0.15) is 115 Å². The molecule has 280 valence electrons. The number of benzene rings is 4. The zero-order valence-corrected chi connectivity index (χ0v) is 36.9. The number of halogens is 4. The Balaban J connectivity index is 0.000000205. The maximum atomic E-state index is 12.8. The van der Waals surface area contributed by atoms with Gasteiger partial charge < -0.3 is 24.8 Å². The van der Waals surface area contributed by atoms with Crippen LogP contribution in [0.15, 0.2) is 109 Å². The van der Waals surface area contributed by atoms with Crippen LogP contribution in [-0.2, 0) is 35.1 Å². The quantitative estimate of drug-likeness (QED) is 0.160. The first-order chi connectivity index (χ1) is 24.4. The summed E-state index contributed by atoms with van der Waals surface area (Å²) in [4.78, 5) is 0. The molecule has 8 rings (SSSR count). The molecule has 0 spiro atoms. The Bertz CT molecular complexity index is 2150. The third kappa shape index (κ3) is 9.29. The van der Waals surface area contributed by atoms with Crippen molar-refractivity contribution in [1.82, 2.24) is 0 Å². The molecule has 0 amide bonds. The minimum absolute atomic E-state index is 0. The van der Waals surface area contributed by atoms with Crippen LogP contribution in [0.5, 0.6) is 0 Å². The van der Waals surface area contributed by atoms with E-state index >= 15 is 0 Å². The summed E-state index contributed by atoms with van der Waals surface area (Å²) in [5, 5.41) is 5.61. The van der Waals surface area contributed by atoms with Gasteiger partial charge in [-0.3, -0.25) is 6.08 Å². The zero-order chi connectivity index (χ0) is 37.6. The van der Waals surface area contributed by atoms with Gasteiger partial charge in [-0.2, -0.15) is 11.6 Å². The predicted octanol–water partition coefficient (Wildman–Crippen LogP) is 7.69. The van der Waals surface area contributed by atoms with Gasteiger partial charge in [-0.25, -0.2) is 6.08 Å². The maximum Gasteiger partial charge on any atom is -1.00 e. The summed E-state index contributed by atoms with van der Waals surface area (Å²) < 4.78 is 26.6. The van der Waals surface area contributed by atoms with Crippen molar-refractivity contribution in [2.45, 2.75) is 92.4 Å². The average Bonchev–Trinajstić information content (AvgIpc) is 3.77. The van der Waals surface area contributed by atoms with Crippen molar-refractivity contribution in [3.63, 3.8) is 0 Å². The predicted molar refractivity (Wildman–Crippen MR) is 216 cm³/mol. The van der Waals surface area contributed by atoms with Gasteiger partial charge in [-0.15, -0.1) is 46.2 Å². The van der Waals surface area contributed by atoms with Crippen LogP contribution in [0.25, 0.3) is 32.7 Å². The Labute approximate surface area is 349 Å². The van der Waals surface area contributed by atoms with Gasteiger partial charge in [0.05, 0.1) is 0 Å². The summed E-state index contributed by atoms with van der Waals surface area (Å²) in [7, 11) is 0. The number of rotatable bonds is 2. The summed E-state index contributed by atoms with van der Waals surface area (Å²) in [6.45, 7) is 20.7. The molecule has 3 aliphatic rings. The second-order valence-corrected chi connectivity index (χ2v) is 18.1. The van der Waals surface area contributed by atoms with Gasteiger partial charge in [0.1, 0.15) is 0 Å². The molecule has 0 unspecified atom stereocenters. The normalized spacial score (nSPS) is 16.2. The van der Waals surface area contributed by atoms with Crippen LogP contribution >= 0.6 is 0 Å². The zero-order valence-electron chi connectivity index (χ0n) is 32.9. The van der Waals surface area contributed by atoms with Crippen molar-refractivity contribution < 1.29 is 57.8 Å². The summed E-state index contributed by atoms with van der Waals surface area (Å²) in [5.41, 5.74) is 12.9. The Morgan fingerprint density at radius 3 is 1.41 bits per heavy atom. The molecule has 0 N–H and O–H groups in total. The standard InChI is InChI=1S/C27H29.C13H8F2.C9H13.2ClH.Zr/c1-16-7-9-26(3,4)24-12-18-11-19-13-25-21(17(2)8-10-27(25,5)6)15-23(19)22(18)14-20(16)24;14-12-5-1-10(2-6-12)9-11-3-7-13(15)8-4-11;1-9(2,3)8-6-4-5-7-8;;;/h7-8,11-15H,9-10H2,1-6H3;1-8H;6-7H,4H2,1-3H3;2*1H;/q-1;;-1;;;+2/p-2. The third-order valence-electron chi connectivity index (χ3n) is 11.0. The van der Waals surface area contributed by atoms with Gasteiger partial charge in [0.25, 0.3) is 0 Å². The van der Waals surface area contributed by atoms with Gasteiger partial charge in [-0.05, 0) is 59.8 Å². The van der Waals surface area contributed by atoms with Crippen molar-refractivity contribution in [2.75, 3.05) is 0 Å². The smallest absolute Gasteiger partial charge is 1.00 e. The van der Waals surface area contributed by atoms with E-state index in [1.54, 1.807) is 24.3 Å². The first-order valence-corrected chi connectivity index (χ1v) is 19.6. The van der Waals surface area contributed by atoms with Crippen molar-refractivity contribution in [3.05, 3.63) is 160 Å². The number of allylic oxidation sites excluding steroid dienone is 8. The Morgan fingerprint density at radius 2 is 1.07 bits per heavy atom. The minimum Gasteiger partial charge on any atom is -1.00 e. The molecule has 54 heavy (non-hydrogen) atoms. The Kier molecular flexibility index (Phi) is 13.7. The van der Waals surface area contributed by atoms with E-state index in [4.69, 9.17) is 0 Å². The molecule has 5 heteroatoms. The van der Waals surface area contributed by atoms with Crippen LogP contribution in [0.4, 0.5) is 8.78 Å². The number of fused-ring (bicyclic) bond motifs is 5. The first kappa shape index (κ1) is 43.6. The van der Waals surface area contributed by atoms with E-state index < -0.39 is 0 Å². The Morgan fingerprint density at radius 1 is 0.667 bits per heavy atom. The van der Waals surface area contributed by atoms with Crippen LogP contribution in [0.2, 0.25) is 0 Å². The first-order valence-electron chi connectivity index (χ1n) is 18.4. The molecule has 0 radical (unpaired) electrons. The summed E-state index contributed by atoms with van der Waals surface area (Å²) in [5.74, 6) is -0.488. The van der Waals surface area contributed by atoms with Crippen LogP contribution in [-0.4, -0.2) is 3.21 Å². The molecule has 0 heterocycles. The average molecular weight is 839 g/mol. The van der Waals surface area contributed by atoms with E-state index in [-0.39, 0.29) is 47.3 Å². The fourth-order valence-corrected chi connectivity index (χ4v) is 8.27. The van der Waals surface area contributed by atoms with Gasteiger partial charge >= 0.3 is 108 Å². The molecule has 0 bridgehead atoms. The Hall–Kier alpha value is -3.10. The van der Waals surface area contributed by atoms with Crippen LogP contribution < -0.4 is 24.8 Å². The van der Waals surface area contributed by atoms with E-state index in [9.17, 15) is 8.78 Å². The van der Waals surface area contributed by atoms with Gasteiger partial charge in [-0.1, -0.05) is 89.3 Å². The monoisotopic (exact) mass is 836 g/mol.